The summed E-state index contributed by atoms with van der Waals surface area (Å²) in [5.41, 5.74) is 6.62. The van der Waals surface area contributed by atoms with E-state index in [1.807, 2.05) is 0 Å². The third-order valence-corrected chi connectivity index (χ3v) is 5.72. The lowest BCUT2D eigenvalue weighted by atomic mass is 9.94. The van der Waals surface area contributed by atoms with Crippen LogP contribution in [0.25, 0.3) is 0 Å². The van der Waals surface area contributed by atoms with Gasteiger partial charge < -0.3 is 11.1 Å². The van der Waals surface area contributed by atoms with Crippen molar-refractivity contribution in [2.75, 3.05) is 4.90 Å². The van der Waals surface area contributed by atoms with E-state index in [9.17, 15) is 14.0 Å². The largest absolute Gasteiger partial charge is 0.351 e. The number of carbonyl (C=O) groups is 2. The van der Waals surface area contributed by atoms with Gasteiger partial charge in [-0.05, 0) is 44.0 Å². The molecule has 0 heterocycles. The average Bonchev–Trinajstić information content (AvgIpc) is 2.73. The zero-order chi connectivity index (χ0) is 21.7. The Morgan fingerprint density at radius 1 is 1.13 bits per heavy atom. The van der Waals surface area contributed by atoms with Crippen molar-refractivity contribution in [1.82, 2.24) is 5.32 Å². The number of anilines is 1. The van der Waals surface area contributed by atoms with E-state index in [2.05, 4.69) is 5.32 Å². The molecule has 2 atom stereocenters. The maximum atomic E-state index is 14.0. The highest BCUT2D eigenvalue weighted by Gasteiger charge is 2.36. The van der Waals surface area contributed by atoms with E-state index in [4.69, 9.17) is 17.3 Å². The minimum absolute atomic E-state index is 0.0380. The molecule has 3 rings (SSSR count). The van der Waals surface area contributed by atoms with Gasteiger partial charge in [-0.3, -0.25) is 14.5 Å². The molecule has 2 aromatic rings. The summed E-state index contributed by atoms with van der Waals surface area (Å²) < 4.78 is 14.0. The van der Waals surface area contributed by atoms with Crippen LogP contribution in [0.5, 0.6) is 0 Å². The lowest BCUT2D eigenvalue weighted by molar-refractivity contribution is -0.127. The first kappa shape index (κ1) is 22.2. The standard InChI is InChI=1S/C23H27ClFN3O2/c1-15(26)23(30)28(18-11-7-8-16(25)14-18)21(19-12-5-6-13-20(19)24)22(29)27-17-9-3-2-4-10-17/h5-8,11-15,17,21H,2-4,9-10,26H2,1H3,(H,27,29). The highest BCUT2D eigenvalue weighted by molar-refractivity contribution is 6.31. The van der Waals surface area contributed by atoms with Gasteiger partial charge in [0.1, 0.15) is 11.9 Å². The maximum absolute atomic E-state index is 14.0. The molecule has 0 aliphatic heterocycles. The van der Waals surface area contributed by atoms with Crippen LogP contribution in [-0.2, 0) is 9.59 Å². The lowest BCUT2D eigenvalue weighted by Gasteiger charge is -2.34. The summed E-state index contributed by atoms with van der Waals surface area (Å²) in [5, 5.41) is 3.42. The smallest absolute Gasteiger partial charge is 0.248 e. The van der Waals surface area contributed by atoms with Gasteiger partial charge in [-0.25, -0.2) is 4.39 Å². The Bertz CT molecular complexity index is 900. The fourth-order valence-electron chi connectivity index (χ4n) is 3.87. The van der Waals surface area contributed by atoms with Crippen molar-refractivity contribution >= 4 is 29.1 Å². The zero-order valence-electron chi connectivity index (χ0n) is 17.0. The topological polar surface area (TPSA) is 75.4 Å². The van der Waals surface area contributed by atoms with Crippen molar-refractivity contribution in [1.29, 1.82) is 0 Å². The van der Waals surface area contributed by atoms with Crippen LogP contribution in [0, 0.1) is 5.82 Å². The molecule has 1 fully saturated rings. The molecular weight excluding hydrogens is 405 g/mol. The predicted octanol–water partition coefficient (Wildman–Crippen LogP) is 4.35. The van der Waals surface area contributed by atoms with Gasteiger partial charge in [-0.2, -0.15) is 0 Å². The van der Waals surface area contributed by atoms with Gasteiger partial charge >= 0.3 is 0 Å². The van der Waals surface area contributed by atoms with Crippen molar-refractivity contribution in [2.45, 2.75) is 57.2 Å². The molecule has 2 unspecified atom stereocenters. The third-order valence-electron chi connectivity index (χ3n) is 5.37. The number of hydrogen-bond acceptors (Lipinski definition) is 3. The van der Waals surface area contributed by atoms with Crippen LogP contribution < -0.4 is 16.0 Å². The first-order valence-electron chi connectivity index (χ1n) is 10.3. The van der Waals surface area contributed by atoms with Gasteiger partial charge in [0.25, 0.3) is 0 Å². The number of nitrogens with one attached hydrogen (secondary N) is 1. The van der Waals surface area contributed by atoms with Crippen LogP contribution in [0.15, 0.2) is 48.5 Å². The first-order chi connectivity index (χ1) is 14.4. The molecule has 30 heavy (non-hydrogen) atoms. The fourth-order valence-corrected chi connectivity index (χ4v) is 4.11. The molecule has 0 saturated heterocycles. The quantitative estimate of drug-likeness (QED) is 0.713. The van der Waals surface area contributed by atoms with Gasteiger partial charge in [0.15, 0.2) is 0 Å². The Morgan fingerprint density at radius 2 is 1.83 bits per heavy atom. The SMILES string of the molecule is CC(N)C(=O)N(c1cccc(F)c1)C(C(=O)NC1CCCCC1)c1ccccc1Cl. The second-order valence-corrected chi connectivity index (χ2v) is 8.15. The zero-order valence-corrected chi connectivity index (χ0v) is 17.7. The van der Waals surface area contributed by atoms with Crippen LogP contribution in [0.1, 0.15) is 50.6 Å². The number of rotatable bonds is 6. The Hall–Kier alpha value is -2.44. The molecule has 0 bridgehead atoms. The number of nitrogens with two attached hydrogens (primary N) is 1. The number of carbonyl (C=O) groups excluding carboxylic acids is 2. The molecular formula is C23H27ClFN3O2. The molecule has 0 radical (unpaired) electrons. The molecule has 160 valence electrons. The molecule has 3 N–H and O–H groups in total. The predicted molar refractivity (Wildman–Crippen MR) is 117 cm³/mol. The first-order valence-corrected chi connectivity index (χ1v) is 10.7. The molecule has 5 nitrogen and oxygen atoms in total. The fraction of sp³-hybridized carbons (Fsp3) is 0.391. The second-order valence-electron chi connectivity index (χ2n) is 7.74. The average molecular weight is 432 g/mol. The summed E-state index contributed by atoms with van der Waals surface area (Å²) >= 11 is 6.43. The van der Waals surface area contributed by atoms with E-state index in [1.54, 1.807) is 30.3 Å². The molecule has 2 aromatic carbocycles. The molecule has 1 aliphatic carbocycles. The lowest BCUT2D eigenvalue weighted by Crippen LogP contribution is -2.51. The molecule has 0 spiro atoms. The van der Waals surface area contributed by atoms with Gasteiger partial charge in [0, 0.05) is 22.3 Å². The van der Waals surface area contributed by atoms with E-state index < -0.39 is 23.8 Å². The summed E-state index contributed by atoms with van der Waals surface area (Å²) in [6.07, 6.45) is 5.03. The van der Waals surface area contributed by atoms with Crippen molar-refractivity contribution in [3.8, 4) is 0 Å². The minimum Gasteiger partial charge on any atom is -0.351 e. The number of benzene rings is 2. The Labute approximate surface area is 181 Å². The van der Waals surface area contributed by atoms with Crippen molar-refractivity contribution in [3.63, 3.8) is 0 Å². The van der Waals surface area contributed by atoms with Crippen molar-refractivity contribution in [3.05, 3.63) is 64.9 Å². The molecule has 1 saturated carbocycles. The molecule has 7 heteroatoms. The van der Waals surface area contributed by atoms with Gasteiger partial charge in [-0.15, -0.1) is 0 Å². The normalized spacial score (nSPS) is 16.5. The summed E-state index contributed by atoms with van der Waals surface area (Å²) in [6.45, 7) is 1.54. The second kappa shape index (κ2) is 10.0. The number of amides is 2. The highest BCUT2D eigenvalue weighted by Crippen LogP contribution is 2.33. The van der Waals surface area contributed by atoms with E-state index in [0.717, 1.165) is 32.1 Å². The monoisotopic (exact) mass is 431 g/mol. The third kappa shape index (κ3) is 5.18. The summed E-state index contributed by atoms with van der Waals surface area (Å²) in [5.74, 6) is -1.36. The minimum atomic E-state index is -1.07. The molecule has 0 aromatic heterocycles. The van der Waals surface area contributed by atoms with E-state index in [-0.39, 0.29) is 17.6 Å². The Kier molecular flexibility index (Phi) is 7.45. The summed E-state index contributed by atoms with van der Waals surface area (Å²) in [6, 6.07) is 10.5. The van der Waals surface area contributed by atoms with Crippen molar-refractivity contribution < 1.29 is 14.0 Å². The molecule has 2 amide bonds. The highest BCUT2D eigenvalue weighted by atomic mass is 35.5. The van der Waals surface area contributed by atoms with Crippen LogP contribution in [-0.4, -0.2) is 23.9 Å². The van der Waals surface area contributed by atoms with Crippen LogP contribution >= 0.6 is 11.6 Å². The van der Waals surface area contributed by atoms with Crippen LogP contribution in [0.2, 0.25) is 5.02 Å². The van der Waals surface area contributed by atoms with E-state index in [0.29, 0.717) is 10.6 Å². The van der Waals surface area contributed by atoms with Crippen molar-refractivity contribution in [2.24, 2.45) is 5.73 Å². The van der Waals surface area contributed by atoms with Gasteiger partial charge in [-0.1, -0.05) is 55.1 Å². The summed E-state index contributed by atoms with van der Waals surface area (Å²) in [4.78, 5) is 27.9. The van der Waals surface area contributed by atoms with Gasteiger partial charge in [0.05, 0.1) is 6.04 Å². The number of hydrogen-bond donors (Lipinski definition) is 2. The van der Waals surface area contributed by atoms with Crippen LogP contribution in [0.3, 0.4) is 0 Å². The summed E-state index contributed by atoms with van der Waals surface area (Å²) in [7, 11) is 0. The Balaban J connectivity index is 2.07. The van der Waals surface area contributed by atoms with Gasteiger partial charge in [0.2, 0.25) is 11.8 Å². The number of halogens is 2. The number of nitrogens with zero attached hydrogens (tertiary/aromatic N) is 1. The maximum Gasteiger partial charge on any atom is 0.248 e. The van der Waals surface area contributed by atoms with Crippen LogP contribution in [0.4, 0.5) is 10.1 Å². The molecule has 1 aliphatic rings. The Morgan fingerprint density at radius 3 is 2.47 bits per heavy atom. The van der Waals surface area contributed by atoms with E-state index >= 15 is 0 Å². The van der Waals surface area contributed by atoms with E-state index in [1.165, 1.54) is 30.0 Å².